The average molecular weight is 319 g/mol. The zero-order valence-electron chi connectivity index (χ0n) is 10.6. The zero-order chi connectivity index (χ0) is 13.8. The van der Waals surface area contributed by atoms with E-state index in [0.29, 0.717) is 11.3 Å². The number of hydrogen-bond acceptors (Lipinski definition) is 2. The summed E-state index contributed by atoms with van der Waals surface area (Å²) in [6, 6.07) is 12.9. The lowest BCUT2D eigenvalue weighted by Gasteiger charge is -2.10. The Morgan fingerprint density at radius 2 is 2.00 bits per heavy atom. The Morgan fingerprint density at radius 3 is 2.68 bits per heavy atom. The third kappa shape index (κ3) is 3.15. The highest BCUT2D eigenvalue weighted by atomic mass is 79.9. The Balaban J connectivity index is 2.23. The molecule has 3 nitrogen and oxygen atoms in total. The first kappa shape index (κ1) is 13.6. The SMILES string of the molecule is CCc1ccccc1NC(=O)c1ccc(N)c(Br)c1. The van der Waals surface area contributed by atoms with E-state index in [0.717, 1.165) is 22.1 Å². The number of amides is 1. The van der Waals surface area contributed by atoms with Gasteiger partial charge < -0.3 is 11.1 Å². The van der Waals surface area contributed by atoms with E-state index < -0.39 is 0 Å². The molecule has 0 atom stereocenters. The van der Waals surface area contributed by atoms with Gasteiger partial charge in [-0.25, -0.2) is 0 Å². The molecule has 0 spiro atoms. The molecular formula is C15H15BrN2O. The van der Waals surface area contributed by atoms with E-state index >= 15 is 0 Å². The van der Waals surface area contributed by atoms with Gasteiger partial charge in [-0.05, 0) is 52.2 Å². The lowest BCUT2D eigenvalue weighted by atomic mass is 10.1. The molecule has 0 bridgehead atoms. The minimum atomic E-state index is -0.137. The summed E-state index contributed by atoms with van der Waals surface area (Å²) in [6.07, 6.45) is 0.877. The topological polar surface area (TPSA) is 55.1 Å². The van der Waals surface area contributed by atoms with E-state index in [1.807, 2.05) is 24.3 Å². The number of nitrogen functional groups attached to an aromatic ring is 1. The van der Waals surface area contributed by atoms with Gasteiger partial charge in [0.15, 0.2) is 0 Å². The van der Waals surface area contributed by atoms with Crippen LogP contribution in [0.4, 0.5) is 11.4 Å². The first-order valence-electron chi connectivity index (χ1n) is 6.06. The monoisotopic (exact) mass is 318 g/mol. The van der Waals surface area contributed by atoms with Crippen LogP contribution in [0, 0.1) is 0 Å². The standard InChI is InChI=1S/C15H15BrN2O/c1-2-10-5-3-4-6-14(10)18-15(19)11-7-8-13(17)12(16)9-11/h3-9H,2,17H2,1H3,(H,18,19). The first-order chi connectivity index (χ1) is 9.11. The minimum Gasteiger partial charge on any atom is -0.398 e. The quantitative estimate of drug-likeness (QED) is 0.845. The number of aryl methyl sites for hydroxylation is 1. The molecule has 3 N–H and O–H groups in total. The number of benzene rings is 2. The van der Waals surface area contributed by atoms with Crippen molar-refractivity contribution in [2.45, 2.75) is 13.3 Å². The number of halogens is 1. The molecule has 19 heavy (non-hydrogen) atoms. The summed E-state index contributed by atoms with van der Waals surface area (Å²) in [7, 11) is 0. The average Bonchev–Trinajstić information content (AvgIpc) is 2.42. The van der Waals surface area contributed by atoms with Crippen LogP contribution < -0.4 is 11.1 Å². The summed E-state index contributed by atoms with van der Waals surface area (Å²) in [5.74, 6) is -0.137. The summed E-state index contributed by atoms with van der Waals surface area (Å²) in [6.45, 7) is 2.06. The van der Waals surface area contributed by atoms with Crippen molar-refractivity contribution in [1.29, 1.82) is 0 Å². The van der Waals surface area contributed by atoms with Crippen LogP contribution in [0.1, 0.15) is 22.8 Å². The molecular weight excluding hydrogens is 304 g/mol. The molecule has 0 saturated carbocycles. The maximum atomic E-state index is 12.2. The molecule has 2 aromatic carbocycles. The minimum absolute atomic E-state index is 0.137. The van der Waals surface area contributed by atoms with Crippen molar-refractivity contribution in [3.05, 3.63) is 58.1 Å². The zero-order valence-corrected chi connectivity index (χ0v) is 12.2. The van der Waals surface area contributed by atoms with Gasteiger partial charge in [0.25, 0.3) is 5.91 Å². The number of nitrogens with two attached hydrogens (primary N) is 1. The second-order valence-electron chi connectivity index (χ2n) is 4.20. The Hall–Kier alpha value is -1.81. The number of nitrogens with one attached hydrogen (secondary N) is 1. The summed E-state index contributed by atoms with van der Waals surface area (Å²) in [5.41, 5.74) is 8.87. The van der Waals surface area contributed by atoms with Crippen molar-refractivity contribution in [1.82, 2.24) is 0 Å². The fourth-order valence-electron chi connectivity index (χ4n) is 1.81. The molecule has 0 heterocycles. The number of para-hydroxylation sites is 1. The van der Waals surface area contributed by atoms with E-state index in [-0.39, 0.29) is 5.91 Å². The number of rotatable bonds is 3. The fraction of sp³-hybridized carbons (Fsp3) is 0.133. The molecule has 0 aliphatic carbocycles. The van der Waals surface area contributed by atoms with Crippen LogP contribution >= 0.6 is 15.9 Å². The molecule has 98 valence electrons. The summed E-state index contributed by atoms with van der Waals surface area (Å²) >= 11 is 3.32. The maximum Gasteiger partial charge on any atom is 0.255 e. The third-order valence-corrected chi connectivity index (χ3v) is 3.60. The van der Waals surface area contributed by atoms with Crippen LogP contribution in [0.3, 0.4) is 0 Å². The van der Waals surface area contributed by atoms with Gasteiger partial charge in [0.1, 0.15) is 0 Å². The molecule has 2 rings (SSSR count). The van der Waals surface area contributed by atoms with Crippen molar-refractivity contribution >= 4 is 33.2 Å². The Morgan fingerprint density at radius 1 is 1.26 bits per heavy atom. The summed E-state index contributed by atoms with van der Waals surface area (Å²) in [5, 5.41) is 2.92. The maximum absolute atomic E-state index is 12.2. The highest BCUT2D eigenvalue weighted by molar-refractivity contribution is 9.10. The smallest absolute Gasteiger partial charge is 0.255 e. The van der Waals surface area contributed by atoms with Gasteiger partial charge >= 0.3 is 0 Å². The van der Waals surface area contributed by atoms with Crippen molar-refractivity contribution in [2.75, 3.05) is 11.1 Å². The van der Waals surface area contributed by atoms with Crippen LogP contribution in [-0.4, -0.2) is 5.91 Å². The molecule has 0 aliphatic heterocycles. The van der Waals surface area contributed by atoms with Crippen molar-refractivity contribution < 1.29 is 4.79 Å². The Labute approximate surface area is 121 Å². The molecule has 0 aliphatic rings. The molecule has 0 fully saturated rings. The van der Waals surface area contributed by atoms with Crippen LogP contribution in [0.15, 0.2) is 46.9 Å². The Bertz CT molecular complexity index is 611. The van der Waals surface area contributed by atoms with Gasteiger partial charge in [-0.1, -0.05) is 25.1 Å². The molecule has 0 radical (unpaired) electrons. The first-order valence-corrected chi connectivity index (χ1v) is 6.85. The van der Waals surface area contributed by atoms with Crippen LogP contribution in [0.25, 0.3) is 0 Å². The van der Waals surface area contributed by atoms with Crippen LogP contribution in [0.5, 0.6) is 0 Å². The predicted molar refractivity (Wildman–Crippen MR) is 82.3 cm³/mol. The van der Waals surface area contributed by atoms with Gasteiger partial charge in [0, 0.05) is 21.4 Å². The molecule has 1 amide bonds. The van der Waals surface area contributed by atoms with Gasteiger partial charge in [-0.2, -0.15) is 0 Å². The van der Waals surface area contributed by atoms with Crippen LogP contribution in [0.2, 0.25) is 0 Å². The van der Waals surface area contributed by atoms with Crippen molar-refractivity contribution in [3.8, 4) is 0 Å². The molecule has 0 saturated heterocycles. The largest absolute Gasteiger partial charge is 0.398 e. The predicted octanol–water partition coefficient (Wildman–Crippen LogP) is 3.85. The summed E-state index contributed by atoms with van der Waals surface area (Å²) < 4.78 is 0.726. The Kier molecular flexibility index (Phi) is 4.22. The van der Waals surface area contributed by atoms with Crippen molar-refractivity contribution in [2.24, 2.45) is 0 Å². The highest BCUT2D eigenvalue weighted by Crippen LogP contribution is 2.22. The number of carbonyl (C=O) groups excluding carboxylic acids is 1. The van der Waals surface area contributed by atoms with E-state index in [2.05, 4.69) is 28.2 Å². The van der Waals surface area contributed by atoms with E-state index in [1.165, 1.54) is 0 Å². The van der Waals surface area contributed by atoms with Gasteiger partial charge in [-0.15, -0.1) is 0 Å². The molecule has 4 heteroatoms. The number of anilines is 2. The van der Waals surface area contributed by atoms with Gasteiger partial charge in [0.2, 0.25) is 0 Å². The van der Waals surface area contributed by atoms with E-state index in [9.17, 15) is 4.79 Å². The third-order valence-electron chi connectivity index (χ3n) is 2.91. The molecule has 2 aromatic rings. The number of carbonyl (C=O) groups is 1. The van der Waals surface area contributed by atoms with Crippen molar-refractivity contribution in [3.63, 3.8) is 0 Å². The van der Waals surface area contributed by atoms with Crippen LogP contribution in [-0.2, 0) is 6.42 Å². The lowest BCUT2D eigenvalue weighted by molar-refractivity contribution is 0.102. The lowest BCUT2D eigenvalue weighted by Crippen LogP contribution is -2.13. The van der Waals surface area contributed by atoms with E-state index in [4.69, 9.17) is 5.73 Å². The van der Waals surface area contributed by atoms with Gasteiger partial charge in [-0.3, -0.25) is 4.79 Å². The normalized spacial score (nSPS) is 10.2. The highest BCUT2D eigenvalue weighted by Gasteiger charge is 2.09. The molecule has 0 unspecified atom stereocenters. The molecule has 0 aromatic heterocycles. The van der Waals surface area contributed by atoms with Gasteiger partial charge in [0.05, 0.1) is 0 Å². The second-order valence-corrected chi connectivity index (χ2v) is 5.06. The summed E-state index contributed by atoms with van der Waals surface area (Å²) in [4.78, 5) is 12.2. The van der Waals surface area contributed by atoms with E-state index in [1.54, 1.807) is 18.2 Å². The fourth-order valence-corrected chi connectivity index (χ4v) is 2.19. The second kappa shape index (κ2) is 5.89. The number of hydrogen-bond donors (Lipinski definition) is 2.